The van der Waals surface area contributed by atoms with Gasteiger partial charge in [-0.2, -0.15) is 0 Å². The van der Waals surface area contributed by atoms with Gasteiger partial charge in [0.15, 0.2) is 0 Å². The molecule has 0 atom stereocenters. The highest BCUT2D eigenvalue weighted by atomic mass is 35.5. The minimum atomic E-state index is -3.87. The third kappa shape index (κ3) is 5.02. The van der Waals surface area contributed by atoms with Gasteiger partial charge in [-0.05, 0) is 36.8 Å². The first-order valence-electron chi connectivity index (χ1n) is 8.80. The fraction of sp³-hybridized carbons (Fsp3) is 0.263. The Kier molecular flexibility index (Phi) is 6.21. The highest BCUT2D eigenvalue weighted by Crippen LogP contribution is 2.25. The van der Waals surface area contributed by atoms with E-state index in [4.69, 9.17) is 11.6 Å². The Labute approximate surface area is 168 Å². The number of benzene rings is 2. The summed E-state index contributed by atoms with van der Waals surface area (Å²) < 4.78 is 27.6. The molecule has 2 aromatic rings. The predicted octanol–water partition coefficient (Wildman–Crippen LogP) is 3.09. The third-order valence-corrected chi connectivity index (χ3v) is 6.02. The number of amides is 2. The van der Waals surface area contributed by atoms with E-state index in [1.165, 1.54) is 12.1 Å². The van der Waals surface area contributed by atoms with Crippen molar-refractivity contribution in [3.05, 3.63) is 53.6 Å². The highest BCUT2D eigenvalue weighted by Gasteiger charge is 2.21. The topological polar surface area (TPSA) is 95.6 Å². The largest absolute Gasteiger partial charge is 0.342 e. The molecule has 9 heteroatoms. The second kappa shape index (κ2) is 8.62. The van der Waals surface area contributed by atoms with Crippen molar-refractivity contribution in [3.8, 4) is 0 Å². The van der Waals surface area contributed by atoms with E-state index in [1.54, 1.807) is 41.3 Å². The summed E-state index contributed by atoms with van der Waals surface area (Å²) in [5, 5.41) is 2.96. The van der Waals surface area contributed by atoms with Gasteiger partial charge in [-0.3, -0.25) is 14.3 Å². The van der Waals surface area contributed by atoms with Crippen LogP contribution in [-0.2, 0) is 19.6 Å². The SMILES string of the molecule is O=C(CCN1CCCC1=O)Nc1cccc(S(=O)(=O)Nc2ccccc2Cl)c1. The van der Waals surface area contributed by atoms with E-state index in [-0.39, 0.29) is 33.8 Å². The summed E-state index contributed by atoms with van der Waals surface area (Å²) in [5.74, 6) is -0.222. The molecule has 0 aromatic heterocycles. The minimum Gasteiger partial charge on any atom is -0.342 e. The molecule has 0 saturated carbocycles. The number of likely N-dealkylation sites (tertiary alicyclic amines) is 1. The van der Waals surface area contributed by atoms with Gasteiger partial charge >= 0.3 is 0 Å². The minimum absolute atomic E-state index is 0.0000552. The summed E-state index contributed by atoms with van der Waals surface area (Å²) in [4.78, 5) is 25.4. The van der Waals surface area contributed by atoms with Crippen LogP contribution >= 0.6 is 11.6 Å². The number of carbonyl (C=O) groups excluding carboxylic acids is 2. The second-order valence-corrected chi connectivity index (χ2v) is 8.49. The zero-order chi connectivity index (χ0) is 20.1. The van der Waals surface area contributed by atoms with Crippen molar-refractivity contribution in [3.63, 3.8) is 0 Å². The molecule has 0 spiro atoms. The van der Waals surface area contributed by atoms with E-state index in [2.05, 4.69) is 10.0 Å². The van der Waals surface area contributed by atoms with E-state index in [9.17, 15) is 18.0 Å². The van der Waals surface area contributed by atoms with Gasteiger partial charge in [-0.15, -0.1) is 0 Å². The highest BCUT2D eigenvalue weighted by molar-refractivity contribution is 7.92. The molecule has 3 rings (SSSR count). The van der Waals surface area contributed by atoms with Crippen molar-refractivity contribution in [1.29, 1.82) is 0 Å². The molecule has 0 unspecified atom stereocenters. The van der Waals surface area contributed by atoms with E-state index in [1.807, 2.05) is 0 Å². The number of rotatable bonds is 7. The number of para-hydroxylation sites is 1. The Balaban J connectivity index is 1.65. The van der Waals surface area contributed by atoms with Gasteiger partial charge in [0.05, 0.1) is 15.6 Å². The van der Waals surface area contributed by atoms with Crippen molar-refractivity contribution in [2.24, 2.45) is 0 Å². The van der Waals surface area contributed by atoms with Crippen LogP contribution in [-0.4, -0.2) is 38.2 Å². The molecule has 1 aliphatic heterocycles. The number of sulfonamides is 1. The van der Waals surface area contributed by atoms with Crippen LogP contribution < -0.4 is 10.0 Å². The zero-order valence-electron chi connectivity index (χ0n) is 15.0. The number of carbonyl (C=O) groups is 2. The van der Waals surface area contributed by atoms with E-state index in [0.717, 1.165) is 6.42 Å². The molecule has 7 nitrogen and oxygen atoms in total. The van der Waals surface area contributed by atoms with Gasteiger partial charge < -0.3 is 10.2 Å². The maximum atomic E-state index is 12.6. The fourth-order valence-electron chi connectivity index (χ4n) is 2.89. The number of nitrogens with one attached hydrogen (secondary N) is 2. The van der Waals surface area contributed by atoms with Gasteiger partial charge in [0.25, 0.3) is 10.0 Å². The average molecular weight is 422 g/mol. The first-order chi connectivity index (χ1) is 13.3. The number of nitrogens with zero attached hydrogens (tertiary/aromatic N) is 1. The Morgan fingerprint density at radius 2 is 1.93 bits per heavy atom. The first kappa shape index (κ1) is 20.2. The molecule has 2 N–H and O–H groups in total. The molecular formula is C19H20ClN3O4S. The Hall–Kier alpha value is -2.58. The van der Waals surface area contributed by atoms with Crippen LogP contribution in [0.2, 0.25) is 5.02 Å². The lowest BCUT2D eigenvalue weighted by molar-refractivity contribution is -0.128. The number of hydrogen-bond acceptors (Lipinski definition) is 4. The average Bonchev–Trinajstić information content (AvgIpc) is 3.07. The van der Waals surface area contributed by atoms with E-state index < -0.39 is 10.0 Å². The molecule has 2 aromatic carbocycles. The predicted molar refractivity (Wildman–Crippen MR) is 108 cm³/mol. The Morgan fingerprint density at radius 3 is 2.64 bits per heavy atom. The van der Waals surface area contributed by atoms with Gasteiger partial charge in [0, 0.05) is 31.6 Å². The van der Waals surface area contributed by atoms with Crippen molar-refractivity contribution in [2.45, 2.75) is 24.2 Å². The zero-order valence-corrected chi connectivity index (χ0v) is 16.6. The Bertz CT molecular complexity index is 994. The third-order valence-electron chi connectivity index (χ3n) is 4.33. The van der Waals surface area contributed by atoms with Crippen LogP contribution in [0.25, 0.3) is 0 Å². The molecular weight excluding hydrogens is 402 g/mol. The van der Waals surface area contributed by atoms with Crippen LogP contribution in [0.4, 0.5) is 11.4 Å². The molecule has 0 radical (unpaired) electrons. The number of anilines is 2. The van der Waals surface area contributed by atoms with Crippen LogP contribution in [0.3, 0.4) is 0 Å². The standard InChI is InChI=1S/C19H20ClN3O4S/c20-16-7-1-2-8-17(16)22-28(26,27)15-6-3-5-14(13-15)21-18(24)10-12-23-11-4-9-19(23)25/h1-3,5-8,13,22H,4,9-12H2,(H,21,24). The molecule has 1 fully saturated rings. The normalized spacial score (nSPS) is 14.2. The molecule has 0 aliphatic carbocycles. The summed E-state index contributed by atoms with van der Waals surface area (Å²) in [6.07, 6.45) is 1.50. The maximum absolute atomic E-state index is 12.6. The smallest absolute Gasteiger partial charge is 0.262 e. The maximum Gasteiger partial charge on any atom is 0.262 e. The molecule has 2 amide bonds. The lowest BCUT2D eigenvalue weighted by Gasteiger charge is -2.15. The first-order valence-corrected chi connectivity index (χ1v) is 10.7. The van der Waals surface area contributed by atoms with E-state index in [0.29, 0.717) is 25.2 Å². The Morgan fingerprint density at radius 1 is 1.14 bits per heavy atom. The van der Waals surface area contributed by atoms with Crippen molar-refractivity contribution in [1.82, 2.24) is 4.90 Å². The van der Waals surface area contributed by atoms with Crippen molar-refractivity contribution >= 4 is 44.8 Å². The second-order valence-electron chi connectivity index (χ2n) is 6.40. The monoisotopic (exact) mass is 421 g/mol. The summed E-state index contributed by atoms with van der Waals surface area (Å²) in [6.45, 7) is 1.03. The molecule has 1 aliphatic rings. The van der Waals surface area contributed by atoms with Crippen LogP contribution in [0.15, 0.2) is 53.4 Å². The summed E-state index contributed by atoms with van der Waals surface area (Å²) in [6, 6.07) is 12.5. The van der Waals surface area contributed by atoms with Gasteiger partial charge in [0.1, 0.15) is 0 Å². The van der Waals surface area contributed by atoms with Crippen molar-refractivity contribution < 1.29 is 18.0 Å². The lowest BCUT2D eigenvalue weighted by Crippen LogP contribution is -2.28. The van der Waals surface area contributed by atoms with Crippen LogP contribution in [0.1, 0.15) is 19.3 Å². The molecule has 1 saturated heterocycles. The van der Waals surface area contributed by atoms with E-state index >= 15 is 0 Å². The molecule has 0 bridgehead atoms. The number of hydrogen-bond donors (Lipinski definition) is 2. The summed E-state index contributed by atoms with van der Waals surface area (Å²) in [7, 11) is -3.87. The molecule has 148 valence electrons. The van der Waals surface area contributed by atoms with Crippen molar-refractivity contribution in [2.75, 3.05) is 23.1 Å². The number of halogens is 1. The van der Waals surface area contributed by atoms with Gasteiger partial charge in [-0.1, -0.05) is 29.8 Å². The summed E-state index contributed by atoms with van der Waals surface area (Å²) >= 11 is 6.00. The van der Waals surface area contributed by atoms with Gasteiger partial charge in [0.2, 0.25) is 11.8 Å². The van der Waals surface area contributed by atoms with Crippen LogP contribution in [0.5, 0.6) is 0 Å². The summed E-state index contributed by atoms with van der Waals surface area (Å²) in [5.41, 5.74) is 0.633. The van der Waals surface area contributed by atoms with Crippen LogP contribution in [0, 0.1) is 0 Å². The molecule has 28 heavy (non-hydrogen) atoms. The van der Waals surface area contributed by atoms with Gasteiger partial charge in [-0.25, -0.2) is 8.42 Å². The lowest BCUT2D eigenvalue weighted by atomic mass is 10.3. The molecule has 1 heterocycles. The quantitative estimate of drug-likeness (QED) is 0.718. The fourth-order valence-corrected chi connectivity index (χ4v) is 4.25.